The van der Waals surface area contributed by atoms with Crippen LogP contribution in [0.25, 0.3) is 77.6 Å². The van der Waals surface area contributed by atoms with Crippen molar-refractivity contribution in [1.82, 2.24) is 89.7 Å². The molecule has 0 bridgehead atoms. The Balaban J connectivity index is 0.000000124. The summed E-state index contributed by atoms with van der Waals surface area (Å²) in [7, 11) is 3.87. The van der Waals surface area contributed by atoms with Gasteiger partial charge < -0.3 is 68.0 Å². The number of anilines is 1. The minimum Gasteiger partial charge on any atom is -0.497 e. The number of aromatic nitrogens is 18. The summed E-state index contributed by atoms with van der Waals surface area (Å²) in [5.41, 5.74) is 23.1. The van der Waals surface area contributed by atoms with Crippen LogP contribution in [0.1, 0.15) is 106 Å². The van der Waals surface area contributed by atoms with Crippen molar-refractivity contribution < 1.29 is 58.4 Å². The molecule has 0 radical (unpaired) electrons. The fraction of sp³-hybridized carbons (Fsp3) is 0.260. The molecule has 14 heterocycles. The molecule has 19 aromatic rings. The van der Waals surface area contributed by atoms with E-state index in [2.05, 4.69) is 127 Å². The van der Waals surface area contributed by atoms with Crippen LogP contribution in [0.2, 0.25) is 0 Å². The number of thiophene rings is 1. The standard InChI is InChI=1S/C20H17N3O2S.C19H20N4O3S.C19H23N3OS.C18H19N3O2S.C16H18N4O3S.C12H11N3O2S2/c1-13-6-5-7-15(18-12-14(25-2)10-11-21-18)19(13)26(24)20-22-16-8-3-4-9-17(16)23-20;1-11-9-21-16(12(2)17(11)25-3)10-27(24)19-22-14-5-4-13(8-15(14)23-19)18-20-6-7-26-18;1-14(2)12-22(3)18-11-7-4-8-15(18)13-24(23)19-20-16-9-5-6-10-17(16)21-19;1-23-15-10-11-19-17-12(15)6-2-5-9-16(17)24(22)18-20-13-7-3-4-8-14(13)21-18;1-9-7-17-12(10(2)14(9)23-4)8-24(21)16-18-11-5-6-13(22-3)19-15(11)20-16;1-17-9-2-3-13-8(4-9)7-19(16)12-14-10-5-18-6-11(10)15-12/h3-12H,1-2H3,(H,22,23);4-5,8-9H,6-7,10H2,1-3H3,(H,22,23);4-11,14H,12-13H2,1-3H3,(H,20,21);3-4,7-8,10-11,16H,2,5-6,9H2,1H3,(H,20,21);5-7H,8H2,1-4H3,(H,18,19,20);2-6H,7H2,1H3,(H,14,15). The Morgan fingerprint density at radius 3 is 1.64 bits per heavy atom. The average molecular weight is 2070 g/mol. The smallest absolute Gasteiger partial charge is 0.216 e. The lowest BCUT2D eigenvalue weighted by molar-refractivity contribution is 0.348. The third-order valence-corrected chi connectivity index (χ3v) is 32.0. The van der Waals surface area contributed by atoms with Crippen LogP contribution in [0, 0.1) is 40.5 Å². The SMILES string of the molecule is CC(C)CN(C)c1ccccc1CS(=O)c1nc2ccccc2[nH]1.COc1c(C)cnc(CS(=O)c2nc3ccc(C4=NCCO4)cc3[nH]2)c1C.COc1ccc2[nH]c(S(=O)Cc3ncc(C)c(OC)c3C)nc2n1.COc1ccnc(-c2cccc(C)c2S(=O)c2nc3ccccc3[nH]2)c1.COc1ccnc(CS(=O)c2nc3cscc3[nH]2)c1.COc1ccnc2c1CCCCC2S(=O)c1nc2ccccc2[nH]1. The molecule has 2 aliphatic rings. The number of pyridine rings is 6. The van der Waals surface area contributed by atoms with Crippen molar-refractivity contribution in [2.45, 2.75) is 138 Å². The largest absolute Gasteiger partial charge is 0.497 e. The van der Waals surface area contributed by atoms with Crippen LogP contribution in [0.4, 0.5) is 5.69 Å². The lowest BCUT2D eigenvalue weighted by Gasteiger charge is -2.24. The minimum atomic E-state index is -1.46. The molecule has 0 saturated carbocycles. The number of hydrogen-bond acceptors (Lipinski definition) is 28. The minimum absolute atomic E-state index is 0.154. The van der Waals surface area contributed by atoms with Crippen LogP contribution >= 0.6 is 11.3 Å². The number of nitrogens with one attached hydrogen (secondary N) is 6. The molecule has 0 saturated heterocycles. The van der Waals surface area contributed by atoms with E-state index in [-0.39, 0.29) is 16.8 Å². The Labute approximate surface area is 850 Å². The quantitative estimate of drug-likeness (QED) is 0.0260. The fourth-order valence-corrected chi connectivity index (χ4v) is 24.2. The molecule has 0 amide bonds. The predicted octanol–water partition coefficient (Wildman–Crippen LogP) is 18.9. The molecule has 6 N–H and O–H groups in total. The maximum atomic E-state index is 13.3. The van der Waals surface area contributed by atoms with E-state index in [9.17, 15) is 25.3 Å². The zero-order valence-corrected chi connectivity index (χ0v) is 87.4. The molecule has 6 aromatic carbocycles. The Morgan fingerprint density at radius 2 is 1.02 bits per heavy atom. The highest BCUT2D eigenvalue weighted by Crippen LogP contribution is 2.40. The normalized spacial score (nSPS) is 14.0. The number of H-pyrrole nitrogens is 6. The number of aromatic amines is 6. The van der Waals surface area contributed by atoms with Gasteiger partial charge >= 0.3 is 0 Å². The Hall–Kier alpha value is -14.3. The topological polar surface area (TPSA) is 432 Å². The third-order valence-electron chi connectivity index (χ3n) is 23.5. The van der Waals surface area contributed by atoms with Crippen molar-refractivity contribution in [3.05, 3.63) is 285 Å². The van der Waals surface area contributed by atoms with Gasteiger partial charge in [0.15, 0.2) is 31.4 Å². The lowest BCUT2D eigenvalue weighted by atomic mass is 10.1. The molecule has 0 spiro atoms. The molecule has 1 aliphatic heterocycles. The van der Waals surface area contributed by atoms with E-state index >= 15 is 0 Å². The number of aliphatic imine (C=N–C) groups is 1. The van der Waals surface area contributed by atoms with Gasteiger partial charge in [0.05, 0.1) is 220 Å². The second-order valence-corrected chi connectivity index (χ2v) is 42.9. The van der Waals surface area contributed by atoms with Crippen LogP contribution in [0.3, 0.4) is 0 Å². The van der Waals surface area contributed by atoms with Crippen LogP contribution in [-0.4, -0.2) is 190 Å². The first kappa shape index (κ1) is 103. The van der Waals surface area contributed by atoms with E-state index in [0.29, 0.717) is 107 Å². The van der Waals surface area contributed by atoms with Crippen molar-refractivity contribution in [1.29, 1.82) is 0 Å². The maximum Gasteiger partial charge on any atom is 0.216 e. The van der Waals surface area contributed by atoms with E-state index in [1.165, 1.54) is 0 Å². The number of rotatable bonds is 27. The molecule has 0 fully saturated rings. The Morgan fingerprint density at radius 1 is 0.465 bits per heavy atom. The Kier molecular flexibility index (Phi) is 34.0. The highest BCUT2D eigenvalue weighted by atomic mass is 32.2. The highest BCUT2D eigenvalue weighted by molar-refractivity contribution is 7.86. The first-order valence-corrected chi connectivity index (χ1v) is 54.5. The molecule has 7 unspecified atom stereocenters. The zero-order valence-electron chi connectivity index (χ0n) is 81.6. The number of ether oxygens (including phenoxy) is 7. The van der Waals surface area contributed by atoms with Crippen molar-refractivity contribution in [2.75, 3.05) is 74.3 Å². The maximum absolute atomic E-state index is 13.3. The van der Waals surface area contributed by atoms with Gasteiger partial charge in [-0.15, -0.1) is 11.3 Å². The van der Waals surface area contributed by atoms with E-state index in [1.54, 1.807) is 115 Å². The number of methoxy groups -OCH3 is 6. The zero-order chi connectivity index (χ0) is 101. The van der Waals surface area contributed by atoms with Crippen LogP contribution < -0.4 is 33.3 Å². The molecule has 144 heavy (non-hydrogen) atoms. The van der Waals surface area contributed by atoms with Gasteiger partial charge in [-0.3, -0.25) is 46.0 Å². The number of aryl methyl sites for hydroxylation is 3. The second-order valence-electron chi connectivity index (χ2n) is 33.8. The molecule has 744 valence electrons. The van der Waals surface area contributed by atoms with Gasteiger partial charge in [0, 0.05) is 118 Å². The van der Waals surface area contributed by atoms with Crippen molar-refractivity contribution in [2.24, 2.45) is 10.9 Å². The summed E-state index contributed by atoms with van der Waals surface area (Å²) in [6, 6.07) is 55.4. The van der Waals surface area contributed by atoms with Crippen LogP contribution in [0.15, 0.2) is 258 Å². The van der Waals surface area contributed by atoms with Crippen molar-refractivity contribution in [3.63, 3.8) is 0 Å². The van der Waals surface area contributed by atoms with E-state index in [0.717, 1.165) is 183 Å². The number of nitrogens with zero attached hydrogens (tertiary/aromatic N) is 14. The van der Waals surface area contributed by atoms with Gasteiger partial charge in [0.2, 0.25) is 16.9 Å². The summed E-state index contributed by atoms with van der Waals surface area (Å²) in [6.07, 6.45) is 12.4. The van der Waals surface area contributed by atoms with Crippen LogP contribution in [-0.2, 0) is 99.0 Å². The number of benzene rings is 6. The molecule has 1 aliphatic carbocycles. The first-order valence-electron chi connectivity index (χ1n) is 45.9. The summed E-state index contributed by atoms with van der Waals surface area (Å²) < 4.78 is 114. The second kappa shape index (κ2) is 47.7. The van der Waals surface area contributed by atoms with Gasteiger partial charge in [0.25, 0.3) is 0 Å². The van der Waals surface area contributed by atoms with E-state index < -0.39 is 64.8 Å². The first-order chi connectivity index (χ1) is 69.8. The lowest BCUT2D eigenvalue weighted by Crippen LogP contribution is -2.23. The van der Waals surface area contributed by atoms with Gasteiger partial charge in [0.1, 0.15) is 51.7 Å². The predicted molar refractivity (Wildman–Crippen MR) is 566 cm³/mol. The molecular formula is C104H108N20O13S7. The summed E-state index contributed by atoms with van der Waals surface area (Å²) in [6.45, 7) is 16.3. The summed E-state index contributed by atoms with van der Waals surface area (Å²) >= 11 is 1.57. The third kappa shape index (κ3) is 24.4. The average Bonchev–Trinajstić information content (AvgIpc) is 1.44. The van der Waals surface area contributed by atoms with Crippen molar-refractivity contribution in [3.8, 4) is 45.9 Å². The van der Waals surface area contributed by atoms with Crippen molar-refractivity contribution >= 4 is 154 Å². The summed E-state index contributed by atoms with van der Waals surface area (Å²) in [5.74, 6) is 6.78. The molecule has 7 atom stereocenters. The highest BCUT2D eigenvalue weighted by Gasteiger charge is 2.31. The molecule has 21 rings (SSSR count). The monoisotopic (exact) mass is 2070 g/mol. The molecular weight excluding hydrogens is 1960 g/mol. The number of para-hydroxylation sites is 7. The molecule has 13 aromatic heterocycles. The number of fused-ring (bicyclic) bond motifs is 7. The fourth-order valence-electron chi connectivity index (χ4n) is 16.5. The van der Waals surface area contributed by atoms with Gasteiger partial charge in [-0.2, -0.15) is 4.98 Å². The van der Waals surface area contributed by atoms with Gasteiger partial charge in [-0.05, 0) is 156 Å². The molecule has 33 nitrogen and oxygen atoms in total. The van der Waals surface area contributed by atoms with E-state index in [1.807, 2.05) is 185 Å². The Bertz CT molecular complexity index is 7860. The summed E-state index contributed by atoms with van der Waals surface area (Å²) in [4.78, 5) is 78.8. The van der Waals surface area contributed by atoms with E-state index in [4.69, 9.17) is 33.2 Å². The summed E-state index contributed by atoms with van der Waals surface area (Å²) in [5, 5.41) is 6.51. The van der Waals surface area contributed by atoms with Crippen LogP contribution in [0.5, 0.6) is 34.6 Å². The molecule has 40 heteroatoms. The number of imidazole rings is 6. The van der Waals surface area contributed by atoms with Gasteiger partial charge in [-0.1, -0.05) is 93.1 Å². The number of hydrogen-bond donors (Lipinski definition) is 6. The van der Waals surface area contributed by atoms with Gasteiger partial charge in [-0.25, -0.2) is 39.1 Å².